The molecule has 1 aromatic carbocycles. The van der Waals surface area contributed by atoms with Crippen LogP contribution in [0.5, 0.6) is 0 Å². The van der Waals surface area contributed by atoms with Crippen LogP contribution < -0.4 is 0 Å². The molecule has 1 aromatic rings. The van der Waals surface area contributed by atoms with Crippen LogP contribution in [0, 0.1) is 11.3 Å². The molecule has 0 atom stereocenters. The zero-order chi connectivity index (χ0) is 10.4. The van der Waals surface area contributed by atoms with E-state index in [4.69, 9.17) is 5.26 Å². The van der Waals surface area contributed by atoms with E-state index in [0.717, 1.165) is 5.69 Å². The van der Waals surface area contributed by atoms with Crippen LogP contribution in [0.25, 0.3) is 0 Å². The number of hydrogen-bond donors (Lipinski definition) is 0. The molecule has 0 radical (unpaired) electrons. The van der Waals surface area contributed by atoms with Crippen LogP contribution in [-0.4, -0.2) is 24.9 Å². The summed E-state index contributed by atoms with van der Waals surface area (Å²) >= 11 is 0. The van der Waals surface area contributed by atoms with Crippen molar-refractivity contribution in [1.82, 2.24) is 4.90 Å². The molecule has 14 heavy (non-hydrogen) atoms. The van der Waals surface area contributed by atoms with Gasteiger partial charge in [0.15, 0.2) is 5.70 Å². The summed E-state index contributed by atoms with van der Waals surface area (Å²) in [5.74, 6) is 2.69. The Morgan fingerprint density at radius 1 is 1.29 bits per heavy atom. The Kier molecular flexibility index (Phi) is 3.49. The second-order valence-electron chi connectivity index (χ2n) is 2.91. The highest BCUT2D eigenvalue weighted by molar-refractivity contribution is 5.66. The molecule has 70 valence electrons. The summed E-state index contributed by atoms with van der Waals surface area (Å²) in [6, 6.07) is 11.4. The first-order valence-corrected chi connectivity index (χ1v) is 4.20. The van der Waals surface area contributed by atoms with Crippen LogP contribution in [0.4, 0.5) is 5.69 Å². The van der Waals surface area contributed by atoms with E-state index in [-0.39, 0.29) is 0 Å². The molecule has 0 aliphatic rings. The molecule has 0 aromatic heterocycles. The molecule has 0 heterocycles. The maximum atomic E-state index is 8.72. The van der Waals surface area contributed by atoms with Gasteiger partial charge in [0.25, 0.3) is 0 Å². The summed E-state index contributed by atoms with van der Waals surface area (Å²) in [5, 5.41) is 8.72. The second-order valence-corrected chi connectivity index (χ2v) is 2.91. The van der Waals surface area contributed by atoms with Crippen LogP contribution in [0.3, 0.4) is 0 Å². The first kappa shape index (κ1) is 10.0. The lowest BCUT2D eigenvalue weighted by Crippen LogP contribution is -2.09. The lowest BCUT2D eigenvalue weighted by Gasteiger charge is -2.05. The van der Waals surface area contributed by atoms with E-state index in [0.29, 0.717) is 5.70 Å². The van der Waals surface area contributed by atoms with Crippen molar-refractivity contribution in [2.24, 2.45) is 4.99 Å². The van der Waals surface area contributed by atoms with Crippen molar-refractivity contribution in [3.05, 3.63) is 36.0 Å². The molecule has 3 nitrogen and oxygen atoms in total. The van der Waals surface area contributed by atoms with E-state index >= 15 is 0 Å². The van der Waals surface area contributed by atoms with Gasteiger partial charge >= 0.3 is 0 Å². The Morgan fingerprint density at radius 2 is 1.93 bits per heavy atom. The minimum absolute atomic E-state index is 0.411. The fourth-order valence-corrected chi connectivity index (χ4v) is 0.845. The topological polar surface area (TPSA) is 39.4 Å². The molecule has 0 N–H and O–H groups in total. The summed E-state index contributed by atoms with van der Waals surface area (Å²) in [6.07, 6.45) is 0. The predicted molar refractivity (Wildman–Crippen MR) is 56.4 cm³/mol. The molecule has 0 bridgehead atoms. The van der Waals surface area contributed by atoms with E-state index in [1.165, 1.54) is 0 Å². The first-order valence-electron chi connectivity index (χ1n) is 4.20. The standard InChI is InChI=1S/C11H11N3/c1-14(2)11(8-12)9-13-10-6-4-3-5-7-10/h3-7H,1-2H3. The molecule has 3 heteroatoms. The van der Waals surface area contributed by atoms with Gasteiger partial charge < -0.3 is 4.90 Å². The maximum absolute atomic E-state index is 8.72. The molecule has 0 saturated heterocycles. The number of aliphatic imine (C=N–C) groups is 1. The number of rotatable bonds is 2. The van der Waals surface area contributed by atoms with Gasteiger partial charge in [-0.15, -0.1) is 0 Å². The molecule has 0 aliphatic heterocycles. The Balaban J connectivity index is 2.97. The SMILES string of the molecule is CN(C)C(=C=Nc1ccccc1)C#N. The quantitative estimate of drug-likeness (QED) is 0.522. The minimum atomic E-state index is 0.411. The fraction of sp³-hybridized carbons (Fsp3) is 0.182. The van der Waals surface area contributed by atoms with Crippen molar-refractivity contribution in [3.8, 4) is 6.07 Å². The molecule has 0 spiro atoms. The molecular weight excluding hydrogens is 174 g/mol. The number of nitrogens with zero attached hydrogens (tertiary/aromatic N) is 3. The van der Waals surface area contributed by atoms with Gasteiger partial charge in [0.05, 0.1) is 5.69 Å². The average molecular weight is 185 g/mol. The minimum Gasteiger partial charge on any atom is -0.362 e. The van der Waals surface area contributed by atoms with Crippen LogP contribution >= 0.6 is 0 Å². The van der Waals surface area contributed by atoms with Crippen molar-refractivity contribution < 1.29 is 0 Å². The number of benzene rings is 1. The summed E-state index contributed by atoms with van der Waals surface area (Å²) in [4.78, 5) is 5.72. The number of nitriles is 1. The first-order chi connectivity index (χ1) is 6.74. The maximum Gasteiger partial charge on any atom is 0.178 e. The van der Waals surface area contributed by atoms with E-state index in [9.17, 15) is 0 Å². The summed E-state index contributed by atoms with van der Waals surface area (Å²) < 4.78 is 0. The molecule has 0 unspecified atom stereocenters. The zero-order valence-corrected chi connectivity index (χ0v) is 8.23. The summed E-state index contributed by atoms with van der Waals surface area (Å²) in [5.41, 5.74) is 1.20. The largest absolute Gasteiger partial charge is 0.362 e. The van der Waals surface area contributed by atoms with E-state index < -0.39 is 0 Å². The molecular formula is C11H11N3. The van der Waals surface area contributed by atoms with Gasteiger partial charge in [0.1, 0.15) is 6.07 Å². The molecule has 0 amide bonds. The number of para-hydroxylation sites is 1. The lowest BCUT2D eigenvalue weighted by molar-refractivity contribution is 0.540. The highest BCUT2D eigenvalue weighted by atomic mass is 15.1. The predicted octanol–water partition coefficient (Wildman–Crippen LogP) is 1.96. The third kappa shape index (κ3) is 2.78. The van der Waals surface area contributed by atoms with E-state index in [1.54, 1.807) is 19.0 Å². The number of allylic oxidation sites excluding steroid dienone is 1. The Morgan fingerprint density at radius 3 is 2.43 bits per heavy atom. The Bertz CT molecular complexity index is 392. The lowest BCUT2D eigenvalue weighted by atomic mass is 10.3. The highest BCUT2D eigenvalue weighted by Gasteiger charge is 1.94. The third-order valence-corrected chi connectivity index (χ3v) is 1.60. The third-order valence-electron chi connectivity index (χ3n) is 1.60. The van der Waals surface area contributed by atoms with Crippen molar-refractivity contribution in [2.75, 3.05) is 14.1 Å². The van der Waals surface area contributed by atoms with Gasteiger partial charge in [-0.1, -0.05) is 18.2 Å². The highest BCUT2D eigenvalue weighted by Crippen LogP contribution is 2.08. The Labute approximate surface area is 83.6 Å². The van der Waals surface area contributed by atoms with Gasteiger partial charge in [0, 0.05) is 20.0 Å². The number of hydrogen-bond acceptors (Lipinski definition) is 3. The normalized spacial score (nSPS) is 8.36. The zero-order valence-electron chi connectivity index (χ0n) is 8.23. The van der Waals surface area contributed by atoms with Crippen LogP contribution in [-0.2, 0) is 0 Å². The van der Waals surface area contributed by atoms with Crippen molar-refractivity contribution in [2.45, 2.75) is 0 Å². The Hall–Kier alpha value is -2.04. The van der Waals surface area contributed by atoms with Crippen LogP contribution in [0.15, 0.2) is 41.0 Å². The fourth-order valence-electron chi connectivity index (χ4n) is 0.845. The molecule has 0 aliphatic carbocycles. The van der Waals surface area contributed by atoms with Crippen LogP contribution in [0.2, 0.25) is 0 Å². The second kappa shape index (κ2) is 4.86. The molecule has 0 saturated carbocycles. The van der Waals surface area contributed by atoms with Crippen molar-refractivity contribution in [3.63, 3.8) is 0 Å². The van der Waals surface area contributed by atoms with Gasteiger partial charge in [-0.05, 0) is 12.1 Å². The van der Waals surface area contributed by atoms with Crippen molar-refractivity contribution >= 4 is 11.6 Å². The van der Waals surface area contributed by atoms with Crippen LogP contribution in [0.1, 0.15) is 0 Å². The average Bonchev–Trinajstić information content (AvgIpc) is 2.20. The summed E-state index contributed by atoms with van der Waals surface area (Å²) in [6.45, 7) is 0. The van der Waals surface area contributed by atoms with Gasteiger partial charge in [-0.25, -0.2) is 4.99 Å². The monoisotopic (exact) mass is 185 g/mol. The summed E-state index contributed by atoms with van der Waals surface area (Å²) in [7, 11) is 3.57. The molecule has 0 fully saturated rings. The van der Waals surface area contributed by atoms with Gasteiger partial charge in [0.2, 0.25) is 0 Å². The van der Waals surface area contributed by atoms with E-state index in [1.807, 2.05) is 36.4 Å². The van der Waals surface area contributed by atoms with Gasteiger partial charge in [-0.2, -0.15) is 5.26 Å². The smallest absolute Gasteiger partial charge is 0.178 e. The molecule has 1 rings (SSSR count). The van der Waals surface area contributed by atoms with Gasteiger partial charge in [-0.3, -0.25) is 0 Å². The van der Waals surface area contributed by atoms with E-state index in [2.05, 4.69) is 10.9 Å². The van der Waals surface area contributed by atoms with Crippen molar-refractivity contribution in [1.29, 1.82) is 5.26 Å².